The van der Waals surface area contributed by atoms with Gasteiger partial charge in [-0.05, 0) is 49.5 Å². The molecule has 2 aromatic carbocycles. The average Bonchev–Trinajstić information content (AvgIpc) is 2.53. The minimum absolute atomic E-state index is 0.0164. The lowest BCUT2D eigenvalue weighted by atomic mass is 10.1. The summed E-state index contributed by atoms with van der Waals surface area (Å²) in [5.74, 6) is 0.470. The number of nitrogens with zero attached hydrogens (tertiary/aromatic N) is 1. The molecule has 0 aliphatic rings. The van der Waals surface area contributed by atoms with E-state index < -0.39 is 0 Å². The van der Waals surface area contributed by atoms with E-state index in [1.165, 1.54) is 5.56 Å². The monoisotopic (exact) mass is 332 g/mol. The zero-order valence-corrected chi connectivity index (χ0v) is 14.1. The number of carbonyl (C=O) groups excluding carboxylic acids is 1. The van der Waals surface area contributed by atoms with Crippen molar-refractivity contribution in [1.29, 1.82) is 0 Å². The molecule has 0 saturated heterocycles. The third kappa shape index (κ3) is 5.93. The fraction of sp³-hybridized carbons (Fsp3) is 0.278. The highest BCUT2D eigenvalue weighted by Gasteiger charge is 2.06. The first-order valence-corrected chi connectivity index (χ1v) is 7.79. The first kappa shape index (κ1) is 17.3. The Morgan fingerprint density at radius 1 is 1.09 bits per heavy atom. The van der Waals surface area contributed by atoms with Crippen molar-refractivity contribution >= 4 is 17.5 Å². The molecule has 0 radical (unpaired) electrons. The summed E-state index contributed by atoms with van der Waals surface area (Å²) in [5, 5.41) is 3.52. The Bertz CT molecular complexity index is 642. The molecule has 23 heavy (non-hydrogen) atoms. The van der Waals surface area contributed by atoms with Crippen LogP contribution in [0.25, 0.3) is 0 Å². The van der Waals surface area contributed by atoms with Crippen molar-refractivity contribution in [2.24, 2.45) is 0 Å². The number of ether oxygens (including phenoxy) is 1. The van der Waals surface area contributed by atoms with Crippen LogP contribution in [0.15, 0.2) is 48.5 Å². The quantitative estimate of drug-likeness (QED) is 0.847. The Balaban J connectivity index is 1.83. The number of hydrogen-bond donors (Lipinski definition) is 1. The number of amides is 1. The molecule has 0 bridgehead atoms. The minimum atomic E-state index is -0.153. The maximum absolute atomic E-state index is 11.9. The van der Waals surface area contributed by atoms with Crippen LogP contribution in [-0.2, 0) is 17.9 Å². The SMILES string of the molecule is CN(C)Cc1ccccc1CNC(=O)COc1ccc(Cl)cc1. The predicted molar refractivity (Wildman–Crippen MR) is 92.6 cm³/mol. The molecule has 5 heteroatoms. The summed E-state index contributed by atoms with van der Waals surface area (Å²) in [6.45, 7) is 1.32. The second kappa shape index (κ2) is 8.56. The van der Waals surface area contributed by atoms with Crippen LogP contribution in [0.5, 0.6) is 5.75 Å². The third-order valence-electron chi connectivity index (χ3n) is 3.26. The molecule has 0 atom stereocenters. The molecule has 0 fully saturated rings. The van der Waals surface area contributed by atoms with Crippen LogP contribution in [0.3, 0.4) is 0 Å². The largest absolute Gasteiger partial charge is 0.484 e. The summed E-state index contributed by atoms with van der Waals surface area (Å²) in [6, 6.07) is 15.0. The molecule has 2 aromatic rings. The summed E-state index contributed by atoms with van der Waals surface area (Å²) in [7, 11) is 4.05. The maximum Gasteiger partial charge on any atom is 0.258 e. The van der Waals surface area contributed by atoms with Crippen molar-refractivity contribution in [2.75, 3.05) is 20.7 Å². The van der Waals surface area contributed by atoms with Gasteiger partial charge in [0.15, 0.2) is 6.61 Å². The van der Waals surface area contributed by atoms with Gasteiger partial charge >= 0.3 is 0 Å². The smallest absolute Gasteiger partial charge is 0.258 e. The number of hydrogen-bond acceptors (Lipinski definition) is 3. The number of rotatable bonds is 7. The van der Waals surface area contributed by atoms with Gasteiger partial charge < -0.3 is 15.0 Å². The van der Waals surface area contributed by atoms with Crippen LogP contribution in [0, 0.1) is 0 Å². The Kier molecular flexibility index (Phi) is 6.44. The molecule has 0 aromatic heterocycles. The van der Waals surface area contributed by atoms with Gasteiger partial charge in [-0.15, -0.1) is 0 Å². The zero-order valence-electron chi connectivity index (χ0n) is 13.4. The summed E-state index contributed by atoms with van der Waals surface area (Å²) >= 11 is 5.80. The van der Waals surface area contributed by atoms with E-state index in [0.717, 1.165) is 12.1 Å². The van der Waals surface area contributed by atoms with Crippen molar-refractivity contribution < 1.29 is 9.53 Å². The van der Waals surface area contributed by atoms with Gasteiger partial charge in [0.2, 0.25) is 0 Å². The van der Waals surface area contributed by atoms with E-state index in [9.17, 15) is 4.79 Å². The van der Waals surface area contributed by atoms with E-state index in [0.29, 0.717) is 17.3 Å². The highest BCUT2D eigenvalue weighted by molar-refractivity contribution is 6.30. The lowest BCUT2D eigenvalue weighted by Crippen LogP contribution is -2.29. The fourth-order valence-electron chi connectivity index (χ4n) is 2.15. The van der Waals surface area contributed by atoms with E-state index in [1.807, 2.05) is 32.3 Å². The standard InChI is InChI=1S/C18H21ClN2O2/c1-21(2)12-15-6-4-3-5-14(15)11-20-18(22)13-23-17-9-7-16(19)8-10-17/h3-10H,11-13H2,1-2H3,(H,20,22). The normalized spacial score (nSPS) is 10.6. The third-order valence-corrected chi connectivity index (χ3v) is 3.52. The molecule has 0 heterocycles. The van der Waals surface area contributed by atoms with Crippen molar-refractivity contribution in [2.45, 2.75) is 13.1 Å². The second-order valence-corrected chi connectivity index (χ2v) is 5.96. The Labute approximate surface area is 142 Å². The van der Waals surface area contributed by atoms with Gasteiger partial charge in [0.25, 0.3) is 5.91 Å². The molecular weight excluding hydrogens is 312 g/mol. The lowest BCUT2D eigenvalue weighted by Gasteiger charge is -2.14. The molecule has 1 N–H and O–H groups in total. The fourth-order valence-corrected chi connectivity index (χ4v) is 2.28. The van der Waals surface area contributed by atoms with E-state index in [1.54, 1.807) is 24.3 Å². The van der Waals surface area contributed by atoms with Crippen LogP contribution in [0.4, 0.5) is 0 Å². The van der Waals surface area contributed by atoms with Gasteiger partial charge in [-0.25, -0.2) is 0 Å². The van der Waals surface area contributed by atoms with Crippen LogP contribution < -0.4 is 10.1 Å². The van der Waals surface area contributed by atoms with Gasteiger partial charge in [-0.1, -0.05) is 35.9 Å². The summed E-state index contributed by atoms with van der Waals surface area (Å²) < 4.78 is 5.43. The number of carbonyl (C=O) groups is 1. The number of halogens is 1. The van der Waals surface area contributed by atoms with Gasteiger partial charge in [0.1, 0.15) is 5.75 Å². The summed E-state index contributed by atoms with van der Waals surface area (Å²) in [5.41, 5.74) is 2.32. The second-order valence-electron chi connectivity index (χ2n) is 5.53. The molecule has 0 unspecified atom stereocenters. The van der Waals surface area contributed by atoms with E-state index in [4.69, 9.17) is 16.3 Å². The van der Waals surface area contributed by atoms with Gasteiger partial charge in [0, 0.05) is 18.1 Å². The molecule has 2 rings (SSSR count). The highest BCUT2D eigenvalue weighted by atomic mass is 35.5. The number of benzene rings is 2. The molecule has 1 amide bonds. The summed E-state index contributed by atoms with van der Waals surface area (Å²) in [6.07, 6.45) is 0. The Hall–Kier alpha value is -2.04. The first-order valence-electron chi connectivity index (χ1n) is 7.41. The Morgan fingerprint density at radius 2 is 1.74 bits per heavy atom. The van der Waals surface area contributed by atoms with Crippen LogP contribution >= 0.6 is 11.6 Å². The molecule has 0 spiro atoms. The van der Waals surface area contributed by atoms with Crippen molar-refractivity contribution in [3.8, 4) is 5.75 Å². The van der Waals surface area contributed by atoms with E-state index in [-0.39, 0.29) is 12.5 Å². The van der Waals surface area contributed by atoms with Crippen molar-refractivity contribution in [1.82, 2.24) is 10.2 Å². The van der Waals surface area contributed by atoms with Gasteiger partial charge in [0.05, 0.1) is 0 Å². The molecule has 0 saturated carbocycles. The summed E-state index contributed by atoms with van der Waals surface area (Å²) in [4.78, 5) is 14.0. The van der Waals surface area contributed by atoms with Crippen LogP contribution in [0.2, 0.25) is 5.02 Å². The van der Waals surface area contributed by atoms with Gasteiger partial charge in [-0.2, -0.15) is 0 Å². The maximum atomic E-state index is 11.9. The predicted octanol–water partition coefficient (Wildman–Crippen LogP) is 3.10. The minimum Gasteiger partial charge on any atom is -0.484 e. The lowest BCUT2D eigenvalue weighted by molar-refractivity contribution is -0.123. The average molecular weight is 333 g/mol. The van der Waals surface area contributed by atoms with Gasteiger partial charge in [-0.3, -0.25) is 4.79 Å². The molecule has 4 nitrogen and oxygen atoms in total. The number of nitrogens with one attached hydrogen (secondary N) is 1. The zero-order chi connectivity index (χ0) is 16.7. The molecule has 0 aliphatic heterocycles. The van der Waals surface area contributed by atoms with Crippen molar-refractivity contribution in [3.63, 3.8) is 0 Å². The molecular formula is C18H21ClN2O2. The molecule has 122 valence electrons. The topological polar surface area (TPSA) is 41.6 Å². The van der Waals surface area contributed by atoms with E-state index >= 15 is 0 Å². The van der Waals surface area contributed by atoms with Crippen LogP contribution in [0.1, 0.15) is 11.1 Å². The van der Waals surface area contributed by atoms with Crippen molar-refractivity contribution in [3.05, 3.63) is 64.7 Å². The Morgan fingerprint density at radius 3 is 2.39 bits per heavy atom. The first-order chi connectivity index (χ1) is 11.0. The molecule has 0 aliphatic carbocycles. The van der Waals surface area contributed by atoms with E-state index in [2.05, 4.69) is 16.3 Å². The highest BCUT2D eigenvalue weighted by Crippen LogP contribution is 2.15. The van der Waals surface area contributed by atoms with Crippen LogP contribution in [-0.4, -0.2) is 31.5 Å².